The predicted molar refractivity (Wildman–Crippen MR) is 102 cm³/mol. The smallest absolute Gasteiger partial charge is 0.269 e. The number of ether oxygens (including phenoxy) is 1. The van der Waals surface area contributed by atoms with Crippen LogP contribution in [0.15, 0.2) is 42.6 Å². The van der Waals surface area contributed by atoms with Crippen molar-refractivity contribution in [2.45, 2.75) is 26.2 Å². The van der Waals surface area contributed by atoms with Gasteiger partial charge in [-0.1, -0.05) is 39.0 Å². The molecule has 2 aromatic rings. The van der Waals surface area contributed by atoms with Crippen molar-refractivity contribution >= 4 is 17.5 Å². The number of nitrogens with one attached hydrogen (secondary N) is 2. The lowest BCUT2D eigenvalue weighted by Gasteiger charge is -2.23. The number of para-hydroxylation sites is 1. The van der Waals surface area contributed by atoms with Gasteiger partial charge in [-0.3, -0.25) is 14.6 Å². The second-order valence-electron chi connectivity index (χ2n) is 6.93. The summed E-state index contributed by atoms with van der Waals surface area (Å²) in [5, 5.41) is 5.62. The number of nitrogens with zero attached hydrogens (tertiary/aromatic N) is 1. The van der Waals surface area contributed by atoms with Crippen LogP contribution in [0.5, 0.6) is 0 Å². The maximum atomic E-state index is 12.6. The molecule has 6 nitrogen and oxygen atoms in total. The Kier molecular flexibility index (Phi) is 6.46. The van der Waals surface area contributed by atoms with E-state index >= 15 is 0 Å². The minimum absolute atomic E-state index is 0.103. The van der Waals surface area contributed by atoms with Gasteiger partial charge >= 0.3 is 0 Å². The first kappa shape index (κ1) is 19.6. The van der Waals surface area contributed by atoms with Gasteiger partial charge in [-0.05, 0) is 29.2 Å². The molecule has 1 aromatic carbocycles. The first-order valence-electron chi connectivity index (χ1n) is 8.47. The summed E-state index contributed by atoms with van der Waals surface area (Å²) in [6, 6.07) is 10.8. The van der Waals surface area contributed by atoms with E-state index in [0.717, 1.165) is 11.3 Å². The molecule has 1 aromatic heterocycles. The summed E-state index contributed by atoms with van der Waals surface area (Å²) in [5.41, 5.74) is 2.26. The van der Waals surface area contributed by atoms with E-state index in [2.05, 4.69) is 36.4 Å². The lowest BCUT2D eigenvalue weighted by atomic mass is 9.86. The van der Waals surface area contributed by atoms with Gasteiger partial charge in [-0.25, -0.2) is 0 Å². The highest BCUT2D eigenvalue weighted by atomic mass is 16.5. The molecular formula is C20H25N3O3. The fraction of sp³-hybridized carbons (Fsp3) is 0.350. The van der Waals surface area contributed by atoms with E-state index in [9.17, 15) is 9.59 Å². The number of carbonyl (C=O) groups is 2. The number of amides is 2. The largest absolute Gasteiger partial charge is 0.383 e. The van der Waals surface area contributed by atoms with Crippen molar-refractivity contribution < 1.29 is 14.3 Å². The molecule has 0 saturated carbocycles. The highest BCUT2D eigenvalue weighted by Crippen LogP contribution is 2.29. The molecule has 0 spiro atoms. The lowest BCUT2D eigenvalue weighted by Crippen LogP contribution is -2.28. The molecular weight excluding hydrogens is 330 g/mol. The van der Waals surface area contributed by atoms with Crippen LogP contribution < -0.4 is 10.6 Å². The fourth-order valence-electron chi connectivity index (χ4n) is 2.49. The van der Waals surface area contributed by atoms with Crippen molar-refractivity contribution in [2.24, 2.45) is 0 Å². The Bertz CT molecular complexity index is 782. The Labute approximate surface area is 154 Å². The van der Waals surface area contributed by atoms with Crippen LogP contribution in [0.25, 0.3) is 0 Å². The molecule has 0 saturated heterocycles. The highest BCUT2D eigenvalue weighted by molar-refractivity contribution is 6.06. The van der Waals surface area contributed by atoms with E-state index < -0.39 is 0 Å². The number of rotatable bonds is 6. The van der Waals surface area contributed by atoms with Crippen LogP contribution in [-0.4, -0.2) is 37.1 Å². The van der Waals surface area contributed by atoms with E-state index in [4.69, 9.17) is 4.74 Å². The molecule has 2 N–H and O–H groups in total. The van der Waals surface area contributed by atoms with Crippen LogP contribution in [0.4, 0.5) is 5.69 Å². The number of benzene rings is 1. The minimum Gasteiger partial charge on any atom is -0.383 e. The van der Waals surface area contributed by atoms with Gasteiger partial charge in [0.15, 0.2) is 0 Å². The quantitative estimate of drug-likeness (QED) is 0.781. The molecule has 0 bridgehead atoms. The van der Waals surface area contributed by atoms with Gasteiger partial charge in [0.2, 0.25) is 0 Å². The second kappa shape index (κ2) is 8.58. The third-order valence-corrected chi connectivity index (χ3v) is 3.83. The average Bonchev–Trinajstić information content (AvgIpc) is 2.61. The first-order chi connectivity index (χ1) is 12.3. The van der Waals surface area contributed by atoms with Crippen LogP contribution in [0.2, 0.25) is 0 Å². The fourth-order valence-corrected chi connectivity index (χ4v) is 2.49. The normalized spacial score (nSPS) is 11.1. The van der Waals surface area contributed by atoms with Crippen LogP contribution in [0.3, 0.4) is 0 Å². The second-order valence-corrected chi connectivity index (χ2v) is 6.93. The van der Waals surface area contributed by atoms with Gasteiger partial charge in [0.25, 0.3) is 11.8 Å². The van der Waals surface area contributed by atoms with Crippen molar-refractivity contribution in [3.63, 3.8) is 0 Å². The zero-order chi connectivity index (χ0) is 19.2. The molecule has 6 heteroatoms. The van der Waals surface area contributed by atoms with Gasteiger partial charge in [0.05, 0.1) is 6.61 Å². The first-order valence-corrected chi connectivity index (χ1v) is 8.47. The molecule has 2 rings (SSSR count). The molecule has 138 valence electrons. The van der Waals surface area contributed by atoms with Crippen LogP contribution in [0, 0.1) is 0 Å². The maximum Gasteiger partial charge on any atom is 0.269 e. The van der Waals surface area contributed by atoms with E-state index in [-0.39, 0.29) is 22.9 Å². The standard InChI is InChI=1S/C20H25N3O3/c1-20(2,3)15-7-5-6-8-16(15)23-18(24)14-9-10-21-17(13-14)19(25)22-11-12-26-4/h5-10,13H,11-12H2,1-4H3,(H,22,25)(H,23,24). The van der Waals surface area contributed by atoms with Crippen molar-refractivity contribution in [3.05, 3.63) is 59.4 Å². The Morgan fingerprint density at radius 2 is 1.85 bits per heavy atom. The van der Waals surface area contributed by atoms with E-state index in [1.165, 1.54) is 12.3 Å². The monoisotopic (exact) mass is 355 g/mol. The SMILES string of the molecule is COCCNC(=O)c1cc(C(=O)Nc2ccccc2C(C)(C)C)ccn1. The third kappa shape index (κ3) is 5.13. The van der Waals surface area contributed by atoms with Gasteiger partial charge in [0.1, 0.15) is 5.69 Å². The Balaban J connectivity index is 2.16. The Hall–Kier alpha value is -2.73. The van der Waals surface area contributed by atoms with E-state index in [1.54, 1.807) is 13.2 Å². The van der Waals surface area contributed by atoms with Gasteiger partial charge in [0, 0.05) is 31.1 Å². The predicted octanol–water partition coefficient (Wildman–Crippen LogP) is 3.01. The van der Waals surface area contributed by atoms with Crippen molar-refractivity contribution in [1.82, 2.24) is 10.3 Å². The molecule has 0 fully saturated rings. The molecule has 0 unspecified atom stereocenters. The summed E-state index contributed by atoms with van der Waals surface area (Å²) >= 11 is 0. The molecule has 0 radical (unpaired) electrons. The topological polar surface area (TPSA) is 80.3 Å². The number of anilines is 1. The summed E-state index contributed by atoms with van der Waals surface area (Å²) in [6.45, 7) is 7.06. The van der Waals surface area contributed by atoms with Gasteiger partial charge < -0.3 is 15.4 Å². The third-order valence-electron chi connectivity index (χ3n) is 3.83. The van der Waals surface area contributed by atoms with Gasteiger partial charge in [-0.2, -0.15) is 0 Å². The molecule has 0 aliphatic carbocycles. The molecule has 0 aliphatic rings. The van der Waals surface area contributed by atoms with Crippen molar-refractivity contribution in [1.29, 1.82) is 0 Å². The van der Waals surface area contributed by atoms with Crippen LogP contribution >= 0.6 is 0 Å². The lowest BCUT2D eigenvalue weighted by molar-refractivity contribution is 0.0932. The average molecular weight is 355 g/mol. The molecule has 0 aliphatic heterocycles. The highest BCUT2D eigenvalue weighted by Gasteiger charge is 2.19. The number of hydrogen-bond donors (Lipinski definition) is 2. The van der Waals surface area contributed by atoms with Crippen LogP contribution in [0.1, 0.15) is 47.2 Å². The van der Waals surface area contributed by atoms with E-state index in [0.29, 0.717) is 18.7 Å². The minimum atomic E-state index is -0.341. The maximum absolute atomic E-state index is 12.6. The number of pyridine rings is 1. The number of methoxy groups -OCH3 is 1. The zero-order valence-corrected chi connectivity index (χ0v) is 15.6. The number of carbonyl (C=O) groups excluding carboxylic acids is 2. The molecule has 26 heavy (non-hydrogen) atoms. The van der Waals surface area contributed by atoms with Crippen LogP contribution in [-0.2, 0) is 10.2 Å². The number of hydrogen-bond acceptors (Lipinski definition) is 4. The number of aromatic nitrogens is 1. The molecule has 1 heterocycles. The molecule has 2 amide bonds. The molecule has 0 atom stereocenters. The van der Waals surface area contributed by atoms with Crippen molar-refractivity contribution in [3.8, 4) is 0 Å². The van der Waals surface area contributed by atoms with Gasteiger partial charge in [-0.15, -0.1) is 0 Å². The zero-order valence-electron chi connectivity index (χ0n) is 15.6. The summed E-state index contributed by atoms with van der Waals surface area (Å²) < 4.78 is 4.90. The van der Waals surface area contributed by atoms with E-state index in [1.807, 2.05) is 24.3 Å². The van der Waals surface area contributed by atoms with Crippen molar-refractivity contribution in [2.75, 3.05) is 25.6 Å². The Morgan fingerprint density at radius 3 is 2.54 bits per heavy atom. The summed E-state index contributed by atoms with van der Waals surface area (Å²) in [4.78, 5) is 28.7. The Morgan fingerprint density at radius 1 is 1.12 bits per heavy atom. The summed E-state index contributed by atoms with van der Waals surface area (Å²) in [7, 11) is 1.56. The summed E-state index contributed by atoms with van der Waals surface area (Å²) in [6.07, 6.45) is 1.45. The summed E-state index contributed by atoms with van der Waals surface area (Å²) in [5.74, 6) is -0.623.